The molecule has 2 aromatic rings. The fraction of sp³-hybridized carbons (Fsp3) is 0.200. The molecule has 2 aromatic carbocycles. The molecular weight excluding hydrogens is 246 g/mol. The quantitative estimate of drug-likeness (QED) is 0.908. The van der Waals surface area contributed by atoms with Crippen LogP contribution in [-0.4, -0.2) is 6.04 Å². The summed E-state index contributed by atoms with van der Waals surface area (Å²) in [6.07, 6.45) is -0.203. The maximum atomic E-state index is 6.09. The SMILES string of the molecule is CC(N)C(Oc1ccccc1Cl)c1ccccc1. The average molecular weight is 262 g/mol. The molecule has 2 unspecified atom stereocenters. The van der Waals surface area contributed by atoms with Gasteiger partial charge in [-0.25, -0.2) is 0 Å². The Hall–Kier alpha value is -1.51. The van der Waals surface area contributed by atoms with Crippen molar-refractivity contribution in [3.05, 3.63) is 65.2 Å². The lowest BCUT2D eigenvalue weighted by molar-refractivity contribution is 0.180. The molecule has 3 heteroatoms. The summed E-state index contributed by atoms with van der Waals surface area (Å²) >= 11 is 6.09. The maximum Gasteiger partial charge on any atom is 0.139 e. The topological polar surface area (TPSA) is 35.2 Å². The van der Waals surface area contributed by atoms with Gasteiger partial charge in [0, 0.05) is 6.04 Å². The van der Waals surface area contributed by atoms with Gasteiger partial charge in [-0.2, -0.15) is 0 Å². The first-order valence-corrected chi connectivity index (χ1v) is 6.28. The number of para-hydroxylation sites is 1. The zero-order valence-corrected chi connectivity index (χ0v) is 11.0. The second kappa shape index (κ2) is 5.89. The van der Waals surface area contributed by atoms with E-state index in [-0.39, 0.29) is 12.1 Å². The largest absolute Gasteiger partial charge is 0.483 e. The standard InChI is InChI=1S/C15H16ClNO/c1-11(17)15(12-7-3-2-4-8-12)18-14-10-6-5-9-13(14)16/h2-11,15H,17H2,1H3. The van der Waals surface area contributed by atoms with Gasteiger partial charge in [-0.1, -0.05) is 54.1 Å². The number of hydrogen-bond donors (Lipinski definition) is 1. The Morgan fingerprint density at radius 1 is 1.00 bits per heavy atom. The molecule has 0 spiro atoms. The zero-order valence-electron chi connectivity index (χ0n) is 10.2. The Morgan fingerprint density at radius 2 is 1.61 bits per heavy atom. The van der Waals surface area contributed by atoms with E-state index >= 15 is 0 Å². The Morgan fingerprint density at radius 3 is 2.22 bits per heavy atom. The van der Waals surface area contributed by atoms with Gasteiger partial charge in [0.2, 0.25) is 0 Å². The Kier molecular flexibility index (Phi) is 4.24. The lowest BCUT2D eigenvalue weighted by Crippen LogP contribution is -2.29. The smallest absolute Gasteiger partial charge is 0.139 e. The third kappa shape index (κ3) is 3.03. The van der Waals surface area contributed by atoms with E-state index < -0.39 is 0 Å². The molecular formula is C15H16ClNO. The van der Waals surface area contributed by atoms with Gasteiger partial charge < -0.3 is 10.5 Å². The van der Waals surface area contributed by atoms with Crippen molar-refractivity contribution in [3.63, 3.8) is 0 Å². The molecule has 2 N–H and O–H groups in total. The second-order valence-electron chi connectivity index (χ2n) is 4.24. The van der Waals surface area contributed by atoms with E-state index in [1.807, 2.05) is 55.5 Å². The van der Waals surface area contributed by atoms with E-state index in [2.05, 4.69) is 0 Å². The van der Waals surface area contributed by atoms with Crippen molar-refractivity contribution in [3.8, 4) is 5.75 Å². The molecule has 0 fully saturated rings. The fourth-order valence-electron chi connectivity index (χ4n) is 1.80. The van der Waals surface area contributed by atoms with Gasteiger partial charge in [-0.3, -0.25) is 0 Å². The molecule has 0 radical (unpaired) electrons. The highest BCUT2D eigenvalue weighted by Crippen LogP contribution is 2.29. The van der Waals surface area contributed by atoms with Crippen LogP contribution in [0.15, 0.2) is 54.6 Å². The summed E-state index contributed by atoms with van der Waals surface area (Å²) in [5, 5.41) is 0.596. The van der Waals surface area contributed by atoms with E-state index in [0.29, 0.717) is 10.8 Å². The Bertz CT molecular complexity index is 499. The van der Waals surface area contributed by atoms with Crippen LogP contribution in [0.25, 0.3) is 0 Å². The minimum Gasteiger partial charge on any atom is -0.483 e. The zero-order chi connectivity index (χ0) is 13.0. The van der Waals surface area contributed by atoms with E-state index in [0.717, 1.165) is 5.56 Å². The molecule has 2 rings (SSSR count). The van der Waals surface area contributed by atoms with Crippen LogP contribution < -0.4 is 10.5 Å². The van der Waals surface area contributed by atoms with Gasteiger partial charge in [-0.15, -0.1) is 0 Å². The van der Waals surface area contributed by atoms with Crippen molar-refractivity contribution in [2.24, 2.45) is 5.73 Å². The third-order valence-electron chi connectivity index (χ3n) is 2.70. The molecule has 0 bridgehead atoms. The molecule has 0 heterocycles. The number of benzene rings is 2. The van der Waals surface area contributed by atoms with Crippen LogP contribution in [0.3, 0.4) is 0 Å². The molecule has 2 nitrogen and oxygen atoms in total. The van der Waals surface area contributed by atoms with Crippen molar-refractivity contribution in [1.82, 2.24) is 0 Å². The van der Waals surface area contributed by atoms with Crippen LogP contribution >= 0.6 is 11.6 Å². The van der Waals surface area contributed by atoms with Crippen LogP contribution in [-0.2, 0) is 0 Å². The van der Waals surface area contributed by atoms with Crippen LogP contribution in [0.5, 0.6) is 5.75 Å². The second-order valence-corrected chi connectivity index (χ2v) is 4.65. The van der Waals surface area contributed by atoms with Crippen molar-refractivity contribution in [2.75, 3.05) is 0 Å². The predicted octanol–water partition coefficient (Wildman–Crippen LogP) is 3.81. The summed E-state index contributed by atoms with van der Waals surface area (Å²) in [6.45, 7) is 1.93. The van der Waals surface area contributed by atoms with Crippen molar-refractivity contribution < 1.29 is 4.74 Å². The van der Waals surface area contributed by atoms with Crippen LogP contribution in [0.2, 0.25) is 5.02 Å². The van der Waals surface area contributed by atoms with Gasteiger partial charge in [0.05, 0.1) is 5.02 Å². The molecule has 0 aliphatic rings. The molecule has 94 valence electrons. The predicted molar refractivity (Wildman–Crippen MR) is 74.9 cm³/mol. The lowest BCUT2D eigenvalue weighted by atomic mass is 10.0. The van der Waals surface area contributed by atoms with Crippen molar-refractivity contribution >= 4 is 11.6 Å². The lowest BCUT2D eigenvalue weighted by Gasteiger charge is -2.23. The summed E-state index contributed by atoms with van der Waals surface area (Å²) in [6, 6.07) is 17.2. The third-order valence-corrected chi connectivity index (χ3v) is 3.01. The summed E-state index contributed by atoms with van der Waals surface area (Å²) in [5.74, 6) is 0.658. The Balaban J connectivity index is 2.26. The van der Waals surface area contributed by atoms with Crippen LogP contribution in [0.1, 0.15) is 18.6 Å². The highest BCUT2D eigenvalue weighted by molar-refractivity contribution is 6.32. The minimum absolute atomic E-state index is 0.122. The van der Waals surface area contributed by atoms with Gasteiger partial charge in [0.15, 0.2) is 0 Å². The first kappa shape index (κ1) is 12.9. The first-order valence-electron chi connectivity index (χ1n) is 5.90. The molecule has 0 saturated heterocycles. The highest BCUT2D eigenvalue weighted by Gasteiger charge is 2.18. The summed E-state index contributed by atoms with van der Waals surface area (Å²) in [7, 11) is 0. The van der Waals surface area contributed by atoms with E-state index in [1.54, 1.807) is 6.07 Å². The van der Waals surface area contributed by atoms with Crippen molar-refractivity contribution in [1.29, 1.82) is 0 Å². The van der Waals surface area contributed by atoms with Crippen LogP contribution in [0, 0.1) is 0 Å². The van der Waals surface area contributed by atoms with E-state index in [4.69, 9.17) is 22.1 Å². The van der Waals surface area contributed by atoms with Gasteiger partial charge in [0.1, 0.15) is 11.9 Å². The minimum atomic E-state index is -0.203. The van der Waals surface area contributed by atoms with Gasteiger partial charge in [0.25, 0.3) is 0 Å². The number of ether oxygens (including phenoxy) is 1. The number of nitrogens with two attached hydrogens (primary N) is 1. The molecule has 0 aromatic heterocycles. The molecule has 0 amide bonds. The van der Waals surface area contributed by atoms with E-state index in [9.17, 15) is 0 Å². The monoisotopic (exact) mass is 261 g/mol. The molecule has 18 heavy (non-hydrogen) atoms. The Labute approximate surface area is 112 Å². The average Bonchev–Trinajstić information content (AvgIpc) is 2.38. The summed E-state index contributed by atoms with van der Waals surface area (Å²) < 4.78 is 5.94. The first-order chi connectivity index (χ1) is 8.68. The molecule has 0 saturated carbocycles. The number of halogens is 1. The van der Waals surface area contributed by atoms with Crippen molar-refractivity contribution in [2.45, 2.75) is 19.1 Å². The molecule has 2 atom stereocenters. The summed E-state index contributed by atoms with van der Waals surface area (Å²) in [4.78, 5) is 0. The van der Waals surface area contributed by atoms with Crippen LogP contribution in [0.4, 0.5) is 0 Å². The summed E-state index contributed by atoms with van der Waals surface area (Å²) in [5.41, 5.74) is 7.05. The number of rotatable bonds is 4. The normalized spacial score (nSPS) is 13.9. The van der Waals surface area contributed by atoms with Gasteiger partial charge in [-0.05, 0) is 24.6 Å². The molecule has 0 aliphatic heterocycles. The fourth-order valence-corrected chi connectivity index (χ4v) is 1.98. The van der Waals surface area contributed by atoms with E-state index in [1.165, 1.54) is 0 Å². The maximum absolute atomic E-state index is 6.09. The number of hydrogen-bond acceptors (Lipinski definition) is 2. The van der Waals surface area contributed by atoms with Gasteiger partial charge >= 0.3 is 0 Å². The highest BCUT2D eigenvalue weighted by atomic mass is 35.5. The molecule has 0 aliphatic carbocycles.